The van der Waals surface area contributed by atoms with E-state index in [1.165, 1.54) is 44.4 Å². The minimum absolute atomic E-state index is 0.491. The summed E-state index contributed by atoms with van der Waals surface area (Å²) >= 11 is 2.21. The first-order chi connectivity index (χ1) is 11.3. The zero-order chi connectivity index (χ0) is 16.0. The van der Waals surface area contributed by atoms with Crippen LogP contribution in [-0.4, -0.2) is 57.6 Å². The van der Waals surface area contributed by atoms with Crippen LogP contribution in [0, 0.1) is 0 Å². The number of nitrogens with zero attached hydrogens (tertiary/aromatic N) is 4. The maximum Gasteiger partial charge on any atom is 0.193 e. The molecule has 23 heavy (non-hydrogen) atoms. The number of aryl methyl sites for hydroxylation is 1. The van der Waals surface area contributed by atoms with Crippen molar-refractivity contribution in [2.24, 2.45) is 4.99 Å². The summed E-state index contributed by atoms with van der Waals surface area (Å²) in [5, 5.41) is 3.56. The first kappa shape index (κ1) is 16.7. The summed E-state index contributed by atoms with van der Waals surface area (Å²) in [6.45, 7) is 4.25. The molecule has 1 saturated heterocycles. The third-order valence-electron chi connectivity index (χ3n) is 4.96. The van der Waals surface area contributed by atoms with Crippen LogP contribution in [-0.2, 0) is 6.54 Å². The molecule has 2 aliphatic rings. The molecule has 3 rings (SSSR count). The highest BCUT2D eigenvalue weighted by molar-refractivity contribution is 8.00. The molecule has 1 spiro atoms. The van der Waals surface area contributed by atoms with Gasteiger partial charge in [-0.25, -0.2) is 4.98 Å². The van der Waals surface area contributed by atoms with Crippen molar-refractivity contribution in [3.8, 4) is 0 Å². The van der Waals surface area contributed by atoms with Crippen molar-refractivity contribution < 1.29 is 0 Å². The first-order valence-electron chi connectivity index (χ1n) is 8.87. The fourth-order valence-corrected chi connectivity index (χ4v) is 5.31. The van der Waals surface area contributed by atoms with Crippen molar-refractivity contribution in [2.75, 3.05) is 32.4 Å². The zero-order valence-corrected chi connectivity index (χ0v) is 15.0. The van der Waals surface area contributed by atoms with Crippen molar-refractivity contribution in [3.05, 3.63) is 18.7 Å². The number of hydrogen-bond acceptors (Lipinski definition) is 3. The van der Waals surface area contributed by atoms with E-state index in [1.54, 1.807) is 0 Å². The summed E-state index contributed by atoms with van der Waals surface area (Å²) in [5.74, 6) is 2.32. The van der Waals surface area contributed by atoms with Crippen molar-refractivity contribution in [3.63, 3.8) is 0 Å². The van der Waals surface area contributed by atoms with Crippen molar-refractivity contribution in [1.29, 1.82) is 0 Å². The van der Waals surface area contributed by atoms with E-state index in [1.807, 2.05) is 25.8 Å². The van der Waals surface area contributed by atoms with Crippen LogP contribution in [0.15, 0.2) is 23.7 Å². The Bertz CT molecular complexity index is 488. The van der Waals surface area contributed by atoms with Crippen LogP contribution < -0.4 is 5.32 Å². The summed E-state index contributed by atoms with van der Waals surface area (Å²) in [5.41, 5.74) is 0. The molecule has 0 atom stereocenters. The summed E-state index contributed by atoms with van der Waals surface area (Å²) in [4.78, 5) is 11.1. The molecular weight excluding hydrogens is 306 g/mol. The first-order valence-corrected chi connectivity index (χ1v) is 9.85. The zero-order valence-electron chi connectivity index (χ0n) is 14.2. The summed E-state index contributed by atoms with van der Waals surface area (Å²) in [7, 11) is 1.91. The van der Waals surface area contributed by atoms with E-state index in [2.05, 4.69) is 36.5 Å². The number of hydrogen-bond donors (Lipinski definition) is 1. The molecule has 1 aromatic heterocycles. The molecular formula is C17H29N5S. The lowest BCUT2D eigenvalue weighted by atomic mass is 9.87. The standard InChI is InChI=1S/C17H29N5S/c1-18-16(20-8-5-10-21-11-9-19-15-21)22-12-13-23-17(14-22)6-3-2-4-7-17/h9,11,15H,2-8,10,12-14H2,1H3,(H,18,20). The SMILES string of the molecule is CN=C(NCCCn1ccnc1)N1CCSC2(CCCCC2)C1. The molecule has 5 nitrogen and oxygen atoms in total. The van der Waals surface area contributed by atoms with E-state index in [-0.39, 0.29) is 0 Å². The average molecular weight is 336 g/mol. The van der Waals surface area contributed by atoms with Gasteiger partial charge in [-0.05, 0) is 19.3 Å². The lowest BCUT2D eigenvalue weighted by molar-refractivity contribution is 0.293. The molecule has 0 radical (unpaired) electrons. The minimum atomic E-state index is 0.491. The van der Waals surface area contributed by atoms with Crippen LogP contribution in [0.1, 0.15) is 38.5 Å². The predicted octanol–water partition coefficient (Wildman–Crippen LogP) is 2.60. The van der Waals surface area contributed by atoms with Gasteiger partial charge in [-0.3, -0.25) is 4.99 Å². The Morgan fingerprint density at radius 2 is 2.22 bits per heavy atom. The molecule has 1 aliphatic carbocycles. The van der Waals surface area contributed by atoms with Crippen molar-refractivity contribution in [1.82, 2.24) is 19.8 Å². The van der Waals surface area contributed by atoms with Crippen LogP contribution in [0.3, 0.4) is 0 Å². The van der Waals surface area contributed by atoms with Gasteiger partial charge in [-0.2, -0.15) is 11.8 Å². The number of thioether (sulfide) groups is 1. The Hall–Kier alpha value is -1.17. The fourth-order valence-electron chi connectivity index (χ4n) is 3.74. The second-order valence-corrected chi connectivity index (χ2v) is 8.20. The molecule has 0 amide bonds. The number of imidazole rings is 1. The van der Waals surface area contributed by atoms with E-state index < -0.39 is 0 Å². The topological polar surface area (TPSA) is 45.5 Å². The van der Waals surface area contributed by atoms with Crippen LogP contribution >= 0.6 is 11.8 Å². The van der Waals surface area contributed by atoms with Crippen LogP contribution in [0.4, 0.5) is 0 Å². The van der Waals surface area contributed by atoms with E-state index in [4.69, 9.17) is 0 Å². The maximum absolute atomic E-state index is 4.53. The second-order valence-electron chi connectivity index (χ2n) is 6.64. The lowest BCUT2D eigenvalue weighted by Crippen LogP contribution is -2.53. The van der Waals surface area contributed by atoms with Crippen LogP contribution in [0.25, 0.3) is 0 Å². The van der Waals surface area contributed by atoms with E-state index in [9.17, 15) is 0 Å². The Kier molecular flexibility index (Phi) is 5.86. The number of rotatable bonds is 4. The van der Waals surface area contributed by atoms with Gasteiger partial charge in [0, 0.05) is 56.1 Å². The third kappa shape index (κ3) is 4.43. The number of aromatic nitrogens is 2. The Labute approximate surface area is 143 Å². The highest BCUT2D eigenvalue weighted by atomic mass is 32.2. The summed E-state index contributed by atoms with van der Waals surface area (Å²) in [6, 6.07) is 0. The third-order valence-corrected chi connectivity index (χ3v) is 6.50. The molecule has 0 bridgehead atoms. The van der Waals surface area contributed by atoms with Crippen LogP contribution in [0.2, 0.25) is 0 Å². The fraction of sp³-hybridized carbons (Fsp3) is 0.765. The highest BCUT2D eigenvalue weighted by Gasteiger charge is 2.38. The lowest BCUT2D eigenvalue weighted by Gasteiger charge is -2.45. The largest absolute Gasteiger partial charge is 0.356 e. The Balaban J connectivity index is 1.47. The summed E-state index contributed by atoms with van der Waals surface area (Å²) < 4.78 is 2.62. The second kappa shape index (κ2) is 8.08. The van der Waals surface area contributed by atoms with Gasteiger partial charge in [0.05, 0.1) is 6.33 Å². The highest BCUT2D eigenvalue weighted by Crippen LogP contribution is 2.42. The number of nitrogens with one attached hydrogen (secondary N) is 1. The van der Waals surface area contributed by atoms with Crippen LogP contribution in [0.5, 0.6) is 0 Å². The van der Waals surface area contributed by atoms with Crippen molar-refractivity contribution >= 4 is 17.7 Å². The average Bonchev–Trinajstić information content (AvgIpc) is 3.09. The number of aliphatic imine (C=N–C) groups is 1. The molecule has 2 heterocycles. The number of guanidine groups is 1. The molecule has 2 fully saturated rings. The summed E-state index contributed by atoms with van der Waals surface area (Å²) in [6.07, 6.45) is 13.8. The minimum Gasteiger partial charge on any atom is -0.356 e. The monoisotopic (exact) mass is 335 g/mol. The Morgan fingerprint density at radius 3 is 2.96 bits per heavy atom. The quantitative estimate of drug-likeness (QED) is 0.522. The molecule has 0 unspecified atom stereocenters. The van der Waals surface area contributed by atoms with Crippen molar-refractivity contribution in [2.45, 2.75) is 49.8 Å². The smallest absolute Gasteiger partial charge is 0.193 e. The van der Waals surface area contributed by atoms with E-state index in [0.29, 0.717) is 4.75 Å². The molecule has 1 N–H and O–H groups in total. The molecule has 1 aliphatic heterocycles. The molecule has 1 aromatic rings. The van der Waals surface area contributed by atoms with Gasteiger partial charge in [0.2, 0.25) is 0 Å². The maximum atomic E-state index is 4.53. The molecule has 0 aromatic carbocycles. The van der Waals surface area contributed by atoms with Gasteiger partial charge in [-0.15, -0.1) is 0 Å². The predicted molar refractivity (Wildman–Crippen MR) is 98.1 cm³/mol. The van der Waals surface area contributed by atoms with E-state index >= 15 is 0 Å². The van der Waals surface area contributed by atoms with Gasteiger partial charge >= 0.3 is 0 Å². The van der Waals surface area contributed by atoms with Gasteiger partial charge in [0.25, 0.3) is 0 Å². The molecule has 6 heteroatoms. The van der Waals surface area contributed by atoms with Gasteiger partial charge < -0.3 is 14.8 Å². The van der Waals surface area contributed by atoms with Gasteiger partial charge in [-0.1, -0.05) is 19.3 Å². The normalized spacial score (nSPS) is 21.6. The van der Waals surface area contributed by atoms with Gasteiger partial charge in [0.1, 0.15) is 0 Å². The van der Waals surface area contributed by atoms with E-state index in [0.717, 1.165) is 32.0 Å². The van der Waals surface area contributed by atoms with Gasteiger partial charge in [0.15, 0.2) is 5.96 Å². The molecule has 1 saturated carbocycles. The molecule has 128 valence electrons. The Morgan fingerprint density at radius 1 is 1.35 bits per heavy atom.